The van der Waals surface area contributed by atoms with E-state index in [0.717, 1.165) is 0 Å². The van der Waals surface area contributed by atoms with Gasteiger partial charge in [-0.2, -0.15) is 0 Å². The predicted molar refractivity (Wildman–Crippen MR) is 45.9 cm³/mol. The van der Waals surface area contributed by atoms with E-state index >= 15 is 0 Å². The highest BCUT2D eigenvalue weighted by Crippen LogP contribution is 2.50. The van der Waals surface area contributed by atoms with Gasteiger partial charge in [0.2, 0.25) is 0 Å². The Hall–Kier alpha value is -1.09. The van der Waals surface area contributed by atoms with Gasteiger partial charge in [-0.1, -0.05) is 6.07 Å². The highest BCUT2D eigenvalue weighted by molar-refractivity contribution is 5.46. The predicted octanol–water partition coefficient (Wildman–Crippen LogP) is 1.82. The lowest BCUT2D eigenvalue weighted by Crippen LogP contribution is -2.08. The van der Waals surface area contributed by atoms with Gasteiger partial charge in [0.25, 0.3) is 0 Å². The number of hydrogen-bond acceptors (Lipinski definition) is 2. The van der Waals surface area contributed by atoms with Crippen molar-refractivity contribution in [3.63, 3.8) is 0 Å². The maximum absolute atomic E-state index is 13.2. The molecule has 0 heterocycles. The van der Waals surface area contributed by atoms with Crippen LogP contribution in [-0.2, 0) is 5.60 Å². The van der Waals surface area contributed by atoms with Gasteiger partial charge in [0.15, 0.2) is 0 Å². The molecule has 2 N–H and O–H groups in total. The van der Waals surface area contributed by atoms with Crippen LogP contribution < -0.4 is 0 Å². The van der Waals surface area contributed by atoms with Crippen LogP contribution in [0.4, 0.5) is 4.39 Å². The second kappa shape index (κ2) is 2.45. The van der Waals surface area contributed by atoms with E-state index in [1.807, 2.05) is 0 Å². The van der Waals surface area contributed by atoms with Crippen LogP contribution in [-0.4, -0.2) is 10.2 Å². The number of aryl methyl sites for hydroxylation is 1. The van der Waals surface area contributed by atoms with E-state index in [4.69, 9.17) is 0 Å². The third kappa shape index (κ3) is 1.20. The minimum Gasteiger partial charge on any atom is -0.507 e. The Morgan fingerprint density at radius 2 is 2.00 bits per heavy atom. The van der Waals surface area contributed by atoms with E-state index in [2.05, 4.69) is 0 Å². The molecule has 0 amide bonds. The van der Waals surface area contributed by atoms with E-state index in [1.54, 1.807) is 6.92 Å². The van der Waals surface area contributed by atoms with Crippen LogP contribution in [0.3, 0.4) is 0 Å². The summed E-state index contributed by atoms with van der Waals surface area (Å²) in [5.74, 6) is -0.636. The molecule has 1 aromatic carbocycles. The van der Waals surface area contributed by atoms with Gasteiger partial charge < -0.3 is 10.2 Å². The first kappa shape index (κ1) is 8.51. The van der Waals surface area contributed by atoms with Crippen molar-refractivity contribution in [1.29, 1.82) is 0 Å². The SMILES string of the molecule is Cc1ccc(F)c(C2(O)CC2)c1O. The molecular weight excluding hydrogens is 171 g/mol. The minimum absolute atomic E-state index is 0.0625. The molecule has 1 saturated carbocycles. The topological polar surface area (TPSA) is 40.5 Å². The molecule has 70 valence electrons. The molecule has 0 saturated heterocycles. The lowest BCUT2D eigenvalue weighted by atomic mass is 10.0. The summed E-state index contributed by atoms with van der Waals surface area (Å²) in [5, 5.41) is 19.2. The highest BCUT2D eigenvalue weighted by Gasteiger charge is 2.46. The average Bonchev–Trinajstić information content (AvgIpc) is 2.78. The van der Waals surface area contributed by atoms with Gasteiger partial charge >= 0.3 is 0 Å². The molecule has 1 aromatic rings. The number of phenolic OH excluding ortho intramolecular Hbond substituents is 1. The number of benzene rings is 1. The lowest BCUT2D eigenvalue weighted by Gasteiger charge is -2.12. The number of halogens is 1. The van der Waals surface area contributed by atoms with Gasteiger partial charge in [0, 0.05) is 0 Å². The van der Waals surface area contributed by atoms with Crippen LogP contribution in [0.25, 0.3) is 0 Å². The summed E-state index contributed by atoms with van der Waals surface area (Å²) in [6.07, 6.45) is 1.06. The quantitative estimate of drug-likeness (QED) is 0.695. The van der Waals surface area contributed by atoms with E-state index in [0.29, 0.717) is 18.4 Å². The van der Waals surface area contributed by atoms with Gasteiger partial charge in [0.05, 0.1) is 11.2 Å². The van der Waals surface area contributed by atoms with Crippen molar-refractivity contribution < 1.29 is 14.6 Å². The fourth-order valence-corrected chi connectivity index (χ4v) is 1.48. The molecule has 0 unspecified atom stereocenters. The summed E-state index contributed by atoms with van der Waals surface area (Å²) >= 11 is 0. The van der Waals surface area contributed by atoms with Gasteiger partial charge in [-0.3, -0.25) is 0 Å². The highest BCUT2D eigenvalue weighted by atomic mass is 19.1. The van der Waals surface area contributed by atoms with Crippen molar-refractivity contribution in [2.24, 2.45) is 0 Å². The summed E-state index contributed by atoms with van der Waals surface area (Å²) in [7, 11) is 0. The van der Waals surface area contributed by atoms with E-state index in [1.165, 1.54) is 12.1 Å². The molecule has 3 heteroatoms. The second-order valence-corrected chi connectivity index (χ2v) is 3.62. The Morgan fingerprint density at radius 3 is 2.54 bits per heavy atom. The van der Waals surface area contributed by atoms with Crippen molar-refractivity contribution in [3.05, 3.63) is 29.1 Å². The van der Waals surface area contributed by atoms with E-state index in [-0.39, 0.29) is 11.3 Å². The normalized spacial score (nSPS) is 18.7. The Labute approximate surface area is 75.6 Å². The van der Waals surface area contributed by atoms with Crippen molar-refractivity contribution in [3.8, 4) is 5.75 Å². The van der Waals surface area contributed by atoms with Crippen molar-refractivity contribution in [2.45, 2.75) is 25.4 Å². The second-order valence-electron chi connectivity index (χ2n) is 3.62. The zero-order chi connectivity index (χ0) is 9.64. The van der Waals surface area contributed by atoms with Gasteiger partial charge in [-0.05, 0) is 31.4 Å². The first-order valence-corrected chi connectivity index (χ1v) is 4.25. The van der Waals surface area contributed by atoms with Crippen molar-refractivity contribution in [2.75, 3.05) is 0 Å². The molecule has 0 atom stereocenters. The average molecular weight is 182 g/mol. The monoisotopic (exact) mass is 182 g/mol. The van der Waals surface area contributed by atoms with Gasteiger partial charge in [0.1, 0.15) is 11.6 Å². The standard InChI is InChI=1S/C10H11FO2/c1-6-2-3-7(11)8(9(6)12)10(13)4-5-10/h2-3,12-13H,4-5H2,1H3. The third-order valence-electron chi connectivity index (χ3n) is 2.52. The molecule has 0 spiro atoms. The van der Waals surface area contributed by atoms with E-state index < -0.39 is 11.4 Å². The summed E-state index contributed by atoms with van der Waals surface area (Å²) < 4.78 is 13.2. The van der Waals surface area contributed by atoms with Crippen molar-refractivity contribution >= 4 is 0 Å². The largest absolute Gasteiger partial charge is 0.507 e. The molecule has 0 radical (unpaired) electrons. The maximum atomic E-state index is 13.2. The summed E-state index contributed by atoms with van der Waals surface area (Å²) in [4.78, 5) is 0. The fourth-order valence-electron chi connectivity index (χ4n) is 1.48. The first-order valence-electron chi connectivity index (χ1n) is 4.25. The third-order valence-corrected chi connectivity index (χ3v) is 2.52. The zero-order valence-corrected chi connectivity index (χ0v) is 7.34. The molecule has 0 aromatic heterocycles. The maximum Gasteiger partial charge on any atom is 0.133 e. The minimum atomic E-state index is -1.11. The molecule has 2 rings (SSSR count). The summed E-state index contributed by atoms with van der Waals surface area (Å²) in [6.45, 7) is 1.68. The van der Waals surface area contributed by atoms with E-state index in [9.17, 15) is 14.6 Å². The number of aromatic hydroxyl groups is 1. The molecule has 13 heavy (non-hydrogen) atoms. The van der Waals surface area contributed by atoms with Gasteiger partial charge in [-0.15, -0.1) is 0 Å². The van der Waals surface area contributed by atoms with Crippen molar-refractivity contribution in [1.82, 2.24) is 0 Å². The first-order chi connectivity index (χ1) is 6.04. The number of phenols is 1. The molecule has 0 aliphatic heterocycles. The summed E-state index contributed by atoms with van der Waals surface area (Å²) in [5.41, 5.74) is -0.454. The molecule has 0 bridgehead atoms. The number of aliphatic hydroxyl groups is 1. The van der Waals surface area contributed by atoms with Crippen LogP contribution in [0, 0.1) is 12.7 Å². The fraction of sp³-hybridized carbons (Fsp3) is 0.400. The van der Waals surface area contributed by atoms with Crippen LogP contribution in [0.15, 0.2) is 12.1 Å². The van der Waals surface area contributed by atoms with Crippen LogP contribution >= 0.6 is 0 Å². The number of hydrogen-bond donors (Lipinski definition) is 2. The Balaban J connectivity index is 2.61. The summed E-state index contributed by atoms with van der Waals surface area (Å²) in [6, 6.07) is 2.78. The van der Waals surface area contributed by atoms with Crippen LogP contribution in [0.5, 0.6) is 5.75 Å². The Kier molecular flexibility index (Phi) is 1.60. The zero-order valence-electron chi connectivity index (χ0n) is 7.34. The molecule has 1 aliphatic rings. The number of rotatable bonds is 1. The smallest absolute Gasteiger partial charge is 0.133 e. The van der Waals surface area contributed by atoms with Crippen LogP contribution in [0.1, 0.15) is 24.0 Å². The van der Waals surface area contributed by atoms with Crippen LogP contribution in [0.2, 0.25) is 0 Å². The molecular formula is C10H11FO2. The molecule has 1 fully saturated rings. The van der Waals surface area contributed by atoms with Gasteiger partial charge in [-0.25, -0.2) is 4.39 Å². The molecule has 1 aliphatic carbocycles. The Morgan fingerprint density at radius 1 is 1.38 bits per heavy atom. The lowest BCUT2D eigenvalue weighted by molar-refractivity contribution is 0.142. The Bertz CT molecular complexity index is 356. The molecule has 2 nitrogen and oxygen atoms in total.